The van der Waals surface area contributed by atoms with Gasteiger partial charge in [-0.25, -0.2) is 4.83 Å². The zero-order chi connectivity index (χ0) is 22.0. The van der Waals surface area contributed by atoms with E-state index in [-0.39, 0.29) is 4.90 Å². The molecule has 0 fully saturated rings. The van der Waals surface area contributed by atoms with E-state index in [1.165, 1.54) is 5.56 Å². The zero-order valence-electron chi connectivity index (χ0n) is 17.8. The molecule has 3 aromatic carbocycles. The molecule has 0 saturated carbocycles. The molecule has 1 N–H and O–H groups in total. The summed E-state index contributed by atoms with van der Waals surface area (Å²) in [5, 5.41) is 5.90. The van der Waals surface area contributed by atoms with Crippen LogP contribution in [0.15, 0.2) is 82.8 Å². The summed E-state index contributed by atoms with van der Waals surface area (Å²) < 4.78 is 27.6. The van der Waals surface area contributed by atoms with E-state index < -0.39 is 10.0 Å². The second kappa shape index (κ2) is 8.40. The summed E-state index contributed by atoms with van der Waals surface area (Å²) in [6, 6.07) is 23.0. The number of nitrogens with one attached hydrogen (secondary N) is 1. The number of sulfonamides is 1. The van der Waals surface area contributed by atoms with Crippen molar-refractivity contribution in [2.75, 3.05) is 0 Å². The molecule has 158 valence electrons. The Balaban J connectivity index is 1.60. The quantitative estimate of drug-likeness (QED) is 0.340. The Morgan fingerprint density at radius 1 is 0.935 bits per heavy atom. The number of hydrazone groups is 1. The van der Waals surface area contributed by atoms with Crippen molar-refractivity contribution in [3.05, 3.63) is 95.3 Å². The van der Waals surface area contributed by atoms with Crippen molar-refractivity contribution >= 4 is 27.0 Å². The predicted molar refractivity (Wildman–Crippen MR) is 126 cm³/mol. The fraction of sp³-hybridized carbons (Fsp3) is 0.160. The fourth-order valence-electron chi connectivity index (χ4n) is 3.87. The molecule has 0 amide bonds. The highest BCUT2D eigenvalue weighted by Gasteiger charge is 2.14. The molecule has 0 saturated heterocycles. The number of hydrogen-bond donors (Lipinski definition) is 1. The Hall–Kier alpha value is -3.38. The summed E-state index contributed by atoms with van der Waals surface area (Å²) >= 11 is 0. The highest BCUT2D eigenvalue weighted by atomic mass is 32.2. The standard InChI is InChI=1S/C25H25N3O2S/c1-4-20-9-7-8-12-25(20)28-18(2)15-23(19(28)3)17-26-27-31(29,30)24-14-13-21-10-5-6-11-22(21)16-24/h5-17,27H,4H2,1-3H3/b26-17+. The molecule has 6 heteroatoms. The normalized spacial score (nSPS) is 12.0. The van der Waals surface area contributed by atoms with E-state index in [2.05, 4.69) is 33.6 Å². The van der Waals surface area contributed by atoms with E-state index in [9.17, 15) is 8.42 Å². The topological polar surface area (TPSA) is 63.5 Å². The minimum Gasteiger partial charge on any atom is -0.318 e. The lowest BCUT2D eigenvalue weighted by Crippen LogP contribution is -2.18. The van der Waals surface area contributed by atoms with Crippen molar-refractivity contribution in [3.8, 4) is 5.69 Å². The minimum atomic E-state index is -3.76. The largest absolute Gasteiger partial charge is 0.318 e. The van der Waals surface area contributed by atoms with Crippen LogP contribution < -0.4 is 4.83 Å². The van der Waals surface area contributed by atoms with Crippen LogP contribution >= 0.6 is 0 Å². The Morgan fingerprint density at radius 2 is 1.65 bits per heavy atom. The third-order valence-corrected chi connectivity index (χ3v) is 6.71. The Morgan fingerprint density at radius 3 is 2.42 bits per heavy atom. The van der Waals surface area contributed by atoms with Crippen LogP contribution in [0.2, 0.25) is 0 Å². The first-order valence-corrected chi connectivity index (χ1v) is 11.7. The van der Waals surface area contributed by atoms with Crippen LogP contribution in [0.5, 0.6) is 0 Å². The van der Waals surface area contributed by atoms with Crippen LogP contribution in [-0.4, -0.2) is 19.2 Å². The molecule has 0 bridgehead atoms. The Labute approximate surface area is 183 Å². The first-order valence-electron chi connectivity index (χ1n) is 10.2. The molecule has 0 radical (unpaired) electrons. The second-order valence-corrected chi connectivity index (χ2v) is 9.17. The molecule has 5 nitrogen and oxygen atoms in total. The highest BCUT2D eigenvalue weighted by Crippen LogP contribution is 2.23. The summed E-state index contributed by atoms with van der Waals surface area (Å²) in [5.41, 5.74) is 5.33. The van der Waals surface area contributed by atoms with Gasteiger partial charge in [0.05, 0.1) is 11.1 Å². The number of para-hydroxylation sites is 1. The number of nitrogens with zero attached hydrogens (tertiary/aromatic N) is 2. The van der Waals surface area contributed by atoms with E-state index in [0.29, 0.717) is 0 Å². The lowest BCUT2D eigenvalue weighted by molar-refractivity contribution is 0.585. The van der Waals surface area contributed by atoms with E-state index in [0.717, 1.165) is 39.8 Å². The molecule has 0 aliphatic rings. The fourth-order valence-corrected chi connectivity index (χ4v) is 4.70. The summed E-state index contributed by atoms with van der Waals surface area (Å²) in [6.07, 6.45) is 2.49. The van der Waals surface area contributed by atoms with E-state index in [1.807, 2.05) is 56.3 Å². The molecule has 1 heterocycles. The molecule has 0 spiro atoms. The van der Waals surface area contributed by atoms with Crippen molar-refractivity contribution in [2.45, 2.75) is 32.1 Å². The van der Waals surface area contributed by atoms with E-state index in [1.54, 1.807) is 24.4 Å². The molecule has 0 atom stereocenters. The lowest BCUT2D eigenvalue weighted by Gasteiger charge is -2.13. The van der Waals surface area contributed by atoms with Gasteiger partial charge >= 0.3 is 0 Å². The second-order valence-electron chi connectivity index (χ2n) is 7.51. The number of hydrogen-bond acceptors (Lipinski definition) is 3. The lowest BCUT2D eigenvalue weighted by atomic mass is 10.1. The van der Waals surface area contributed by atoms with Gasteiger partial charge in [-0.3, -0.25) is 0 Å². The third kappa shape index (κ3) is 4.11. The molecule has 0 aliphatic heterocycles. The third-order valence-electron chi connectivity index (χ3n) is 5.49. The number of aromatic nitrogens is 1. The van der Waals surface area contributed by atoms with Crippen molar-refractivity contribution in [1.29, 1.82) is 0 Å². The molecule has 31 heavy (non-hydrogen) atoms. The molecule has 1 aromatic heterocycles. The maximum atomic E-state index is 12.7. The monoisotopic (exact) mass is 431 g/mol. The highest BCUT2D eigenvalue weighted by molar-refractivity contribution is 7.89. The Kier molecular flexibility index (Phi) is 5.65. The van der Waals surface area contributed by atoms with E-state index >= 15 is 0 Å². The van der Waals surface area contributed by atoms with Gasteiger partial charge in [0.1, 0.15) is 0 Å². The molecule has 0 aliphatic carbocycles. The summed E-state index contributed by atoms with van der Waals surface area (Å²) in [7, 11) is -3.76. The van der Waals surface area contributed by atoms with Gasteiger partial charge in [-0.2, -0.15) is 13.5 Å². The van der Waals surface area contributed by atoms with Gasteiger partial charge < -0.3 is 4.57 Å². The van der Waals surface area contributed by atoms with Crippen molar-refractivity contribution in [1.82, 2.24) is 9.40 Å². The summed E-state index contributed by atoms with van der Waals surface area (Å²) in [6.45, 7) is 6.19. The molecule has 4 rings (SSSR count). The summed E-state index contributed by atoms with van der Waals surface area (Å²) in [5.74, 6) is 0. The number of aryl methyl sites for hydroxylation is 2. The van der Waals surface area contributed by atoms with Crippen LogP contribution in [0.1, 0.15) is 29.4 Å². The first-order chi connectivity index (χ1) is 14.9. The zero-order valence-corrected chi connectivity index (χ0v) is 18.6. The average Bonchev–Trinajstić information content (AvgIpc) is 3.06. The van der Waals surface area contributed by atoms with Gasteiger partial charge in [-0.05, 0) is 60.9 Å². The van der Waals surface area contributed by atoms with Gasteiger partial charge in [0.15, 0.2) is 0 Å². The Bertz CT molecular complexity index is 1390. The minimum absolute atomic E-state index is 0.186. The van der Waals surface area contributed by atoms with Gasteiger partial charge in [-0.15, -0.1) is 0 Å². The van der Waals surface area contributed by atoms with Crippen molar-refractivity contribution in [3.63, 3.8) is 0 Å². The molecular weight excluding hydrogens is 406 g/mol. The van der Waals surface area contributed by atoms with Crippen LogP contribution in [0.4, 0.5) is 0 Å². The van der Waals surface area contributed by atoms with Gasteiger partial charge in [0.25, 0.3) is 10.0 Å². The van der Waals surface area contributed by atoms with Crippen molar-refractivity contribution < 1.29 is 8.42 Å². The molecule has 0 unspecified atom stereocenters. The predicted octanol–water partition coefficient (Wildman–Crippen LogP) is 5.12. The van der Waals surface area contributed by atoms with Gasteiger partial charge in [0, 0.05) is 22.6 Å². The van der Waals surface area contributed by atoms with Crippen LogP contribution in [-0.2, 0) is 16.4 Å². The maximum absolute atomic E-state index is 12.7. The summed E-state index contributed by atoms with van der Waals surface area (Å²) in [4.78, 5) is 2.52. The van der Waals surface area contributed by atoms with Crippen LogP contribution in [0.3, 0.4) is 0 Å². The molecular formula is C25H25N3O2S. The smallest absolute Gasteiger partial charge is 0.276 e. The molecule has 4 aromatic rings. The van der Waals surface area contributed by atoms with Gasteiger partial charge in [0.2, 0.25) is 0 Å². The number of benzene rings is 3. The number of fused-ring (bicyclic) bond motifs is 1. The van der Waals surface area contributed by atoms with Gasteiger partial charge in [-0.1, -0.05) is 55.5 Å². The van der Waals surface area contributed by atoms with Crippen LogP contribution in [0.25, 0.3) is 16.5 Å². The SMILES string of the molecule is CCc1ccccc1-n1c(C)cc(/C=N/NS(=O)(=O)c2ccc3ccccc3c2)c1C. The number of rotatable bonds is 6. The van der Waals surface area contributed by atoms with E-state index in [4.69, 9.17) is 0 Å². The van der Waals surface area contributed by atoms with Crippen LogP contribution in [0, 0.1) is 13.8 Å². The average molecular weight is 432 g/mol. The maximum Gasteiger partial charge on any atom is 0.276 e. The first kappa shape index (κ1) is 20.9. The van der Waals surface area contributed by atoms with Crippen molar-refractivity contribution in [2.24, 2.45) is 5.10 Å².